The van der Waals surface area contributed by atoms with E-state index in [9.17, 15) is 4.79 Å². The Labute approximate surface area is 126 Å². The van der Waals surface area contributed by atoms with Gasteiger partial charge in [0, 0.05) is 6.54 Å². The van der Waals surface area contributed by atoms with E-state index >= 15 is 0 Å². The van der Waals surface area contributed by atoms with E-state index in [2.05, 4.69) is 28.6 Å². The van der Waals surface area contributed by atoms with Crippen molar-refractivity contribution in [2.45, 2.75) is 13.3 Å². The van der Waals surface area contributed by atoms with Gasteiger partial charge in [-0.1, -0.05) is 11.8 Å². The standard InChI is InChI=1S/C15H15NO2S2/c1-11-9-14(20-13(11)3-2-7-17)15(18)16-6-4-12-5-8-19-10-12/h5,8-10,17H,4,6-7H2,1H3,(H,16,18). The predicted molar refractivity (Wildman–Crippen MR) is 83.4 cm³/mol. The van der Waals surface area contributed by atoms with Crippen LogP contribution >= 0.6 is 22.7 Å². The number of hydrogen-bond donors (Lipinski definition) is 2. The summed E-state index contributed by atoms with van der Waals surface area (Å²) in [5.74, 6) is 5.40. The number of thiophene rings is 2. The Morgan fingerprint density at radius 1 is 1.50 bits per heavy atom. The van der Waals surface area contributed by atoms with Crippen LogP contribution in [0.1, 0.15) is 25.7 Å². The van der Waals surface area contributed by atoms with Gasteiger partial charge in [0.05, 0.1) is 9.75 Å². The molecule has 0 radical (unpaired) electrons. The molecule has 20 heavy (non-hydrogen) atoms. The molecule has 0 aliphatic heterocycles. The molecule has 0 bridgehead atoms. The van der Waals surface area contributed by atoms with Crippen molar-refractivity contribution in [3.8, 4) is 11.8 Å². The second kappa shape index (κ2) is 7.25. The lowest BCUT2D eigenvalue weighted by Crippen LogP contribution is -2.24. The summed E-state index contributed by atoms with van der Waals surface area (Å²) < 4.78 is 0. The first kappa shape index (κ1) is 14.8. The van der Waals surface area contributed by atoms with Crippen molar-refractivity contribution < 1.29 is 9.90 Å². The second-order valence-corrected chi connectivity index (χ2v) is 6.05. The van der Waals surface area contributed by atoms with E-state index in [0.29, 0.717) is 11.4 Å². The lowest BCUT2D eigenvalue weighted by molar-refractivity contribution is 0.0958. The molecule has 2 rings (SSSR count). The van der Waals surface area contributed by atoms with Gasteiger partial charge in [-0.05, 0) is 47.4 Å². The highest BCUT2D eigenvalue weighted by Gasteiger charge is 2.11. The van der Waals surface area contributed by atoms with Gasteiger partial charge in [0.25, 0.3) is 5.91 Å². The molecule has 0 aliphatic rings. The zero-order valence-electron chi connectivity index (χ0n) is 11.1. The monoisotopic (exact) mass is 305 g/mol. The van der Waals surface area contributed by atoms with Gasteiger partial charge in [-0.3, -0.25) is 4.79 Å². The maximum Gasteiger partial charge on any atom is 0.261 e. The molecule has 0 unspecified atom stereocenters. The van der Waals surface area contributed by atoms with Gasteiger partial charge in [0.1, 0.15) is 6.61 Å². The molecule has 2 aromatic heterocycles. The summed E-state index contributed by atoms with van der Waals surface area (Å²) >= 11 is 3.02. The molecular weight excluding hydrogens is 290 g/mol. The quantitative estimate of drug-likeness (QED) is 0.852. The van der Waals surface area contributed by atoms with E-state index in [-0.39, 0.29) is 12.5 Å². The van der Waals surface area contributed by atoms with Crippen molar-refractivity contribution in [1.82, 2.24) is 5.32 Å². The third-order valence-electron chi connectivity index (χ3n) is 2.70. The summed E-state index contributed by atoms with van der Waals surface area (Å²) in [4.78, 5) is 13.5. The van der Waals surface area contributed by atoms with E-state index in [1.165, 1.54) is 16.9 Å². The van der Waals surface area contributed by atoms with Gasteiger partial charge in [0.15, 0.2) is 0 Å². The van der Waals surface area contributed by atoms with Gasteiger partial charge in [-0.2, -0.15) is 11.3 Å². The molecule has 0 saturated heterocycles. The number of carbonyl (C=O) groups is 1. The van der Waals surface area contributed by atoms with Gasteiger partial charge in [-0.15, -0.1) is 11.3 Å². The fourth-order valence-electron chi connectivity index (χ4n) is 1.68. The Morgan fingerprint density at radius 2 is 2.35 bits per heavy atom. The molecule has 2 N–H and O–H groups in total. The second-order valence-electron chi connectivity index (χ2n) is 4.22. The van der Waals surface area contributed by atoms with Crippen LogP contribution in [0.15, 0.2) is 22.9 Å². The van der Waals surface area contributed by atoms with Crippen molar-refractivity contribution >= 4 is 28.6 Å². The fourth-order valence-corrected chi connectivity index (χ4v) is 3.35. The molecule has 5 heteroatoms. The summed E-state index contributed by atoms with van der Waals surface area (Å²) in [6.45, 7) is 2.38. The summed E-state index contributed by atoms with van der Waals surface area (Å²) in [5.41, 5.74) is 2.21. The normalized spacial score (nSPS) is 9.90. The van der Waals surface area contributed by atoms with Gasteiger partial charge in [-0.25, -0.2) is 0 Å². The van der Waals surface area contributed by atoms with Gasteiger partial charge < -0.3 is 10.4 Å². The lowest BCUT2D eigenvalue weighted by atomic mass is 10.2. The largest absolute Gasteiger partial charge is 0.384 e. The van der Waals surface area contributed by atoms with E-state index in [1.807, 2.05) is 18.4 Å². The smallest absolute Gasteiger partial charge is 0.261 e. The highest BCUT2D eigenvalue weighted by atomic mass is 32.1. The first-order valence-corrected chi connectivity index (χ1v) is 7.96. The molecular formula is C15H15NO2S2. The minimum atomic E-state index is -0.167. The number of aliphatic hydroxyl groups excluding tert-OH is 1. The molecule has 0 aliphatic carbocycles. The third kappa shape index (κ3) is 3.94. The first-order valence-electron chi connectivity index (χ1n) is 6.20. The summed E-state index contributed by atoms with van der Waals surface area (Å²) in [7, 11) is 0. The Kier molecular flexibility index (Phi) is 5.36. The molecule has 3 nitrogen and oxygen atoms in total. The minimum absolute atomic E-state index is 0.0645. The number of amides is 1. The third-order valence-corrected chi connectivity index (χ3v) is 4.59. The maximum atomic E-state index is 12.0. The number of hydrogen-bond acceptors (Lipinski definition) is 4. The van der Waals surface area contributed by atoms with Crippen molar-refractivity contribution in [3.63, 3.8) is 0 Å². The van der Waals surface area contributed by atoms with Crippen molar-refractivity contribution in [2.75, 3.05) is 13.2 Å². The summed E-state index contributed by atoms with van der Waals surface area (Å²) in [6, 6.07) is 3.90. The topological polar surface area (TPSA) is 49.3 Å². The van der Waals surface area contributed by atoms with E-state index in [0.717, 1.165) is 16.9 Å². The molecule has 0 spiro atoms. The minimum Gasteiger partial charge on any atom is -0.384 e. The molecule has 0 atom stereocenters. The lowest BCUT2D eigenvalue weighted by Gasteiger charge is -2.01. The van der Waals surface area contributed by atoms with Gasteiger partial charge in [0.2, 0.25) is 0 Å². The van der Waals surface area contributed by atoms with Crippen LogP contribution in [0.25, 0.3) is 0 Å². The first-order chi connectivity index (χ1) is 9.70. The zero-order valence-corrected chi connectivity index (χ0v) is 12.7. The van der Waals surface area contributed by atoms with E-state index in [1.54, 1.807) is 11.3 Å². The van der Waals surface area contributed by atoms with Crippen LogP contribution in [-0.2, 0) is 6.42 Å². The Bertz CT molecular complexity index is 633. The molecule has 0 fully saturated rings. The molecule has 2 aromatic rings. The average molecular weight is 305 g/mol. The molecule has 104 valence electrons. The summed E-state index contributed by atoms with van der Waals surface area (Å²) in [5, 5.41) is 15.7. The maximum absolute atomic E-state index is 12.0. The number of carbonyl (C=O) groups excluding carboxylic acids is 1. The highest BCUT2D eigenvalue weighted by molar-refractivity contribution is 7.14. The summed E-state index contributed by atoms with van der Waals surface area (Å²) in [6.07, 6.45) is 0.844. The van der Waals surface area contributed by atoms with Crippen molar-refractivity contribution in [3.05, 3.63) is 43.8 Å². The Morgan fingerprint density at radius 3 is 3.05 bits per heavy atom. The molecule has 2 heterocycles. The number of nitrogens with one attached hydrogen (secondary N) is 1. The Balaban J connectivity index is 1.92. The van der Waals surface area contributed by atoms with E-state index < -0.39 is 0 Å². The van der Waals surface area contributed by atoms with Crippen LogP contribution in [0.3, 0.4) is 0 Å². The zero-order chi connectivity index (χ0) is 14.4. The predicted octanol–water partition coefficient (Wildman–Crippen LogP) is 2.43. The van der Waals surface area contributed by atoms with Crippen molar-refractivity contribution in [1.29, 1.82) is 0 Å². The van der Waals surface area contributed by atoms with Crippen molar-refractivity contribution in [2.24, 2.45) is 0 Å². The number of rotatable bonds is 4. The molecule has 0 aromatic carbocycles. The van der Waals surface area contributed by atoms with Crippen LogP contribution in [0.2, 0.25) is 0 Å². The van der Waals surface area contributed by atoms with E-state index in [4.69, 9.17) is 5.11 Å². The fraction of sp³-hybridized carbons (Fsp3) is 0.267. The SMILES string of the molecule is Cc1cc(C(=O)NCCc2ccsc2)sc1C#CCO. The van der Waals surface area contributed by atoms with Crippen LogP contribution in [-0.4, -0.2) is 24.2 Å². The van der Waals surface area contributed by atoms with Crippen LogP contribution < -0.4 is 5.32 Å². The molecule has 0 saturated carbocycles. The molecule has 1 amide bonds. The van der Waals surface area contributed by atoms with Crippen LogP contribution in [0, 0.1) is 18.8 Å². The average Bonchev–Trinajstić information content (AvgIpc) is 3.06. The van der Waals surface area contributed by atoms with Crippen LogP contribution in [0.4, 0.5) is 0 Å². The Hall–Kier alpha value is -1.61. The highest BCUT2D eigenvalue weighted by Crippen LogP contribution is 2.20. The number of aryl methyl sites for hydroxylation is 1. The van der Waals surface area contributed by atoms with Gasteiger partial charge >= 0.3 is 0 Å². The van der Waals surface area contributed by atoms with Crippen LogP contribution in [0.5, 0.6) is 0 Å². The number of aliphatic hydroxyl groups is 1.